The molecule has 0 aliphatic heterocycles. The van der Waals surface area contributed by atoms with E-state index < -0.39 is 0 Å². The summed E-state index contributed by atoms with van der Waals surface area (Å²) < 4.78 is 0. The molecule has 0 bridgehead atoms. The van der Waals surface area contributed by atoms with Crippen molar-refractivity contribution >= 4 is 40.7 Å². The third-order valence-electron chi connectivity index (χ3n) is 4.20. The normalized spacial score (nSPS) is 20.5. The molecule has 1 N–H and O–H groups in total. The number of nitrogens with one attached hydrogen (secondary N) is 1. The van der Waals surface area contributed by atoms with Crippen LogP contribution in [0.5, 0.6) is 0 Å². The highest BCUT2D eigenvalue weighted by atomic mass is 35.5. The first-order chi connectivity index (χ1) is 11.1. The lowest BCUT2D eigenvalue weighted by Crippen LogP contribution is -2.36. The summed E-state index contributed by atoms with van der Waals surface area (Å²) in [5.41, 5.74) is 1.41. The summed E-state index contributed by atoms with van der Waals surface area (Å²) in [6.45, 7) is 0. The average molecular weight is 370 g/mol. The second kappa shape index (κ2) is 7.08. The summed E-state index contributed by atoms with van der Waals surface area (Å²) in [4.78, 5) is 16.4. The Kier molecular flexibility index (Phi) is 5.10. The molecule has 1 aliphatic rings. The van der Waals surface area contributed by atoms with Crippen molar-refractivity contribution < 1.29 is 4.79 Å². The van der Waals surface area contributed by atoms with Crippen molar-refractivity contribution in [2.45, 2.75) is 31.2 Å². The van der Waals surface area contributed by atoms with Gasteiger partial charge in [-0.25, -0.2) is 4.98 Å². The lowest BCUT2D eigenvalue weighted by molar-refractivity contribution is 0.0934. The molecule has 1 aromatic carbocycles. The van der Waals surface area contributed by atoms with Gasteiger partial charge >= 0.3 is 0 Å². The molecular formula is C17H15Cl3N2O. The summed E-state index contributed by atoms with van der Waals surface area (Å²) in [7, 11) is 0. The van der Waals surface area contributed by atoms with Gasteiger partial charge < -0.3 is 5.32 Å². The predicted octanol–water partition coefficient (Wildman–Crippen LogP) is 5.11. The number of amides is 1. The Balaban J connectivity index is 1.79. The van der Waals surface area contributed by atoms with Gasteiger partial charge in [0.2, 0.25) is 0 Å². The van der Waals surface area contributed by atoms with E-state index in [9.17, 15) is 4.79 Å². The van der Waals surface area contributed by atoms with E-state index in [1.807, 2.05) is 12.1 Å². The number of nitrogens with zero attached hydrogens (tertiary/aromatic N) is 1. The molecule has 1 saturated carbocycles. The molecule has 1 amide bonds. The van der Waals surface area contributed by atoms with Crippen LogP contribution in [0.1, 0.15) is 41.1 Å². The van der Waals surface area contributed by atoms with E-state index in [1.165, 1.54) is 0 Å². The van der Waals surface area contributed by atoms with Gasteiger partial charge in [0.1, 0.15) is 5.15 Å². The van der Waals surface area contributed by atoms with Gasteiger partial charge in [0.15, 0.2) is 0 Å². The molecule has 2 aromatic rings. The van der Waals surface area contributed by atoms with Gasteiger partial charge in [-0.15, -0.1) is 0 Å². The van der Waals surface area contributed by atoms with Crippen molar-refractivity contribution in [3.8, 4) is 0 Å². The minimum absolute atomic E-state index is 0.0254. The van der Waals surface area contributed by atoms with E-state index in [-0.39, 0.29) is 23.0 Å². The van der Waals surface area contributed by atoms with Crippen LogP contribution in [0.3, 0.4) is 0 Å². The fourth-order valence-corrected chi connectivity index (χ4v) is 3.86. The van der Waals surface area contributed by atoms with E-state index in [4.69, 9.17) is 34.8 Å². The van der Waals surface area contributed by atoms with Crippen molar-refractivity contribution in [1.29, 1.82) is 0 Å². The molecule has 3 rings (SSSR count). The van der Waals surface area contributed by atoms with Gasteiger partial charge in [-0.2, -0.15) is 0 Å². The number of pyridine rings is 1. The zero-order valence-electron chi connectivity index (χ0n) is 12.2. The number of hydrogen-bond donors (Lipinski definition) is 1. The van der Waals surface area contributed by atoms with Gasteiger partial charge in [0.05, 0.1) is 5.56 Å². The van der Waals surface area contributed by atoms with Crippen molar-refractivity contribution in [2.75, 3.05) is 0 Å². The maximum absolute atomic E-state index is 12.4. The van der Waals surface area contributed by atoms with E-state index in [2.05, 4.69) is 10.3 Å². The first-order valence-electron chi connectivity index (χ1n) is 7.42. The first kappa shape index (κ1) is 16.6. The molecule has 1 fully saturated rings. The summed E-state index contributed by atoms with van der Waals surface area (Å²) in [5, 5.41) is 4.54. The van der Waals surface area contributed by atoms with Crippen LogP contribution < -0.4 is 5.32 Å². The van der Waals surface area contributed by atoms with Crippen LogP contribution >= 0.6 is 34.8 Å². The number of rotatable bonds is 3. The summed E-state index contributed by atoms with van der Waals surface area (Å²) in [5.74, 6) is -0.0238. The lowest BCUT2D eigenvalue weighted by atomic mass is 9.93. The highest BCUT2D eigenvalue weighted by Gasteiger charge is 2.31. The maximum atomic E-state index is 12.4. The van der Waals surface area contributed by atoms with Gasteiger partial charge in [-0.05, 0) is 42.7 Å². The Hall–Kier alpha value is -1.29. The Morgan fingerprint density at radius 3 is 2.74 bits per heavy atom. The molecule has 0 radical (unpaired) electrons. The van der Waals surface area contributed by atoms with Crippen LogP contribution in [0.25, 0.3) is 0 Å². The minimum atomic E-state index is -0.204. The topological polar surface area (TPSA) is 42.0 Å². The molecule has 23 heavy (non-hydrogen) atoms. The van der Waals surface area contributed by atoms with Crippen molar-refractivity contribution in [2.24, 2.45) is 0 Å². The average Bonchev–Trinajstić information content (AvgIpc) is 2.95. The Labute approximate surface area is 150 Å². The smallest absolute Gasteiger partial charge is 0.254 e. The van der Waals surface area contributed by atoms with Crippen LogP contribution in [-0.4, -0.2) is 16.9 Å². The molecule has 6 heteroatoms. The SMILES string of the molecule is O=C(N[C@@H]1CCC[C@@H]1c1ccc(Cl)cc1Cl)c1cccnc1Cl. The summed E-state index contributed by atoms with van der Waals surface area (Å²) in [6.07, 6.45) is 4.49. The highest BCUT2D eigenvalue weighted by molar-refractivity contribution is 6.35. The van der Waals surface area contributed by atoms with E-state index >= 15 is 0 Å². The summed E-state index contributed by atoms with van der Waals surface area (Å²) in [6, 6.07) is 8.91. The largest absolute Gasteiger partial charge is 0.349 e. The molecule has 1 aliphatic carbocycles. The van der Waals surface area contributed by atoms with Gasteiger partial charge in [0, 0.05) is 28.2 Å². The Morgan fingerprint density at radius 2 is 2.00 bits per heavy atom. The second-order valence-electron chi connectivity index (χ2n) is 5.62. The minimum Gasteiger partial charge on any atom is -0.349 e. The van der Waals surface area contributed by atoms with Crippen LogP contribution in [0.2, 0.25) is 15.2 Å². The zero-order chi connectivity index (χ0) is 16.4. The molecule has 0 unspecified atom stereocenters. The molecule has 120 valence electrons. The molecule has 0 spiro atoms. The zero-order valence-corrected chi connectivity index (χ0v) is 14.5. The lowest BCUT2D eigenvalue weighted by Gasteiger charge is -2.22. The molecule has 1 heterocycles. The first-order valence-corrected chi connectivity index (χ1v) is 8.56. The standard InChI is InChI=1S/C17H15Cl3N2O/c18-10-6-7-11(14(19)9-10)12-3-1-5-15(12)22-17(23)13-4-2-8-21-16(13)20/h2,4,6-9,12,15H,1,3,5H2,(H,22,23)/t12-,15-/m1/s1. The number of aromatic nitrogens is 1. The molecule has 2 atom stereocenters. The van der Waals surface area contributed by atoms with Crippen LogP contribution in [-0.2, 0) is 0 Å². The molecular weight excluding hydrogens is 355 g/mol. The monoisotopic (exact) mass is 368 g/mol. The van der Waals surface area contributed by atoms with Crippen LogP contribution in [0.15, 0.2) is 36.5 Å². The molecule has 1 aromatic heterocycles. The number of hydrogen-bond acceptors (Lipinski definition) is 2. The quantitative estimate of drug-likeness (QED) is 0.764. The Morgan fingerprint density at radius 1 is 1.17 bits per heavy atom. The van der Waals surface area contributed by atoms with Gasteiger partial charge in [-0.3, -0.25) is 4.79 Å². The van der Waals surface area contributed by atoms with Crippen LogP contribution in [0.4, 0.5) is 0 Å². The second-order valence-corrected chi connectivity index (χ2v) is 6.83. The maximum Gasteiger partial charge on any atom is 0.254 e. The number of halogens is 3. The highest BCUT2D eigenvalue weighted by Crippen LogP contribution is 2.39. The third kappa shape index (κ3) is 3.63. The third-order valence-corrected chi connectivity index (χ3v) is 5.06. The van der Waals surface area contributed by atoms with E-state index in [0.717, 1.165) is 24.8 Å². The van der Waals surface area contributed by atoms with Crippen molar-refractivity contribution in [3.63, 3.8) is 0 Å². The van der Waals surface area contributed by atoms with Gasteiger partial charge in [0.25, 0.3) is 5.91 Å². The predicted molar refractivity (Wildman–Crippen MR) is 93.6 cm³/mol. The Bertz CT molecular complexity index is 736. The molecule has 3 nitrogen and oxygen atoms in total. The number of carbonyl (C=O) groups excluding carboxylic acids is 1. The number of carbonyl (C=O) groups is 1. The van der Waals surface area contributed by atoms with Gasteiger partial charge in [-0.1, -0.05) is 47.3 Å². The fraction of sp³-hybridized carbons (Fsp3) is 0.294. The van der Waals surface area contributed by atoms with Crippen LogP contribution in [0, 0.1) is 0 Å². The summed E-state index contributed by atoms with van der Waals surface area (Å²) >= 11 is 18.3. The number of benzene rings is 1. The van der Waals surface area contributed by atoms with Crippen molar-refractivity contribution in [3.05, 3.63) is 62.9 Å². The fourth-order valence-electron chi connectivity index (χ4n) is 3.11. The van der Waals surface area contributed by atoms with E-state index in [0.29, 0.717) is 15.6 Å². The molecule has 0 saturated heterocycles. The van der Waals surface area contributed by atoms with Crippen molar-refractivity contribution in [1.82, 2.24) is 10.3 Å². The van der Waals surface area contributed by atoms with E-state index in [1.54, 1.807) is 24.4 Å².